The van der Waals surface area contributed by atoms with Gasteiger partial charge in [-0.25, -0.2) is 9.18 Å². The Morgan fingerprint density at radius 1 is 1.30 bits per heavy atom. The van der Waals surface area contributed by atoms with Gasteiger partial charge in [-0.15, -0.1) is 0 Å². The molecule has 0 aliphatic heterocycles. The van der Waals surface area contributed by atoms with Crippen molar-refractivity contribution in [2.45, 2.75) is 6.54 Å². The molecule has 0 saturated heterocycles. The summed E-state index contributed by atoms with van der Waals surface area (Å²) >= 11 is 9.17. The number of rotatable bonds is 4. The largest absolute Gasteiger partial charge is 0.478 e. The zero-order valence-corrected chi connectivity index (χ0v) is 12.5. The van der Waals surface area contributed by atoms with Crippen molar-refractivity contribution in [1.82, 2.24) is 0 Å². The van der Waals surface area contributed by atoms with Crippen LogP contribution in [-0.4, -0.2) is 11.1 Å². The van der Waals surface area contributed by atoms with Crippen LogP contribution in [0.3, 0.4) is 0 Å². The van der Waals surface area contributed by atoms with Crippen LogP contribution in [0.2, 0.25) is 5.02 Å². The SMILES string of the molecule is O=C(O)c1ccc(F)c(CNc2ccc(Cl)c(Br)c2)c1. The fraction of sp³-hybridized carbons (Fsp3) is 0.0714. The first-order chi connectivity index (χ1) is 9.47. The topological polar surface area (TPSA) is 49.3 Å². The Morgan fingerprint density at radius 2 is 2.05 bits per heavy atom. The van der Waals surface area contributed by atoms with E-state index in [0.29, 0.717) is 5.02 Å². The van der Waals surface area contributed by atoms with E-state index in [2.05, 4.69) is 21.2 Å². The lowest BCUT2D eigenvalue weighted by Gasteiger charge is -2.09. The second-order valence-electron chi connectivity index (χ2n) is 4.09. The number of hydrogen-bond acceptors (Lipinski definition) is 2. The van der Waals surface area contributed by atoms with Crippen LogP contribution in [0.15, 0.2) is 40.9 Å². The maximum Gasteiger partial charge on any atom is 0.335 e. The van der Waals surface area contributed by atoms with E-state index in [1.807, 2.05) is 0 Å². The molecule has 104 valence electrons. The van der Waals surface area contributed by atoms with Crippen molar-refractivity contribution in [3.63, 3.8) is 0 Å². The third-order valence-corrected chi connectivity index (χ3v) is 3.91. The number of carboxylic acids is 1. The highest BCUT2D eigenvalue weighted by atomic mass is 79.9. The summed E-state index contributed by atoms with van der Waals surface area (Å²) in [5.74, 6) is -1.53. The van der Waals surface area contributed by atoms with Crippen LogP contribution in [0.25, 0.3) is 0 Å². The van der Waals surface area contributed by atoms with Gasteiger partial charge in [-0.05, 0) is 52.3 Å². The van der Waals surface area contributed by atoms with Crippen LogP contribution in [0.4, 0.5) is 10.1 Å². The van der Waals surface area contributed by atoms with Crippen LogP contribution >= 0.6 is 27.5 Å². The number of anilines is 1. The lowest BCUT2D eigenvalue weighted by atomic mass is 10.1. The van der Waals surface area contributed by atoms with Gasteiger partial charge in [0.25, 0.3) is 0 Å². The number of hydrogen-bond donors (Lipinski definition) is 2. The molecule has 0 aliphatic carbocycles. The van der Waals surface area contributed by atoms with Gasteiger partial charge < -0.3 is 10.4 Å². The molecule has 0 radical (unpaired) electrons. The molecular weight excluding hydrogens is 349 g/mol. The first-order valence-corrected chi connectivity index (χ1v) is 6.85. The molecule has 0 spiro atoms. The minimum atomic E-state index is -1.08. The Morgan fingerprint density at radius 3 is 2.70 bits per heavy atom. The molecule has 2 rings (SSSR count). The van der Waals surface area contributed by atoms with Gasteiger partial charge in [-0.2, -0.15) is 0 Å². The average molecular weight is 359 g/mol. The van der Waals surface area contributed by atoms with E-state index in [1.54, 1.807) is 18.2 Å². The Bertz CT molecular complexity index is 664. The van der Waals surface area contributed by atoms with Gasteiger partial charge in [0.15, 0.2) is 0 Å². The van der Waals surface area contributed by atoms with Crippen LogP contribution in [-0.2, 0) is 6.54 Å². The fourth-order valence-electron chi connectivity index (χ4n) is 1.65. The molecular formula is C14H10BrClFNO2. The van der Waals surface area contributed by atoms with E-state index in [4.69, 9.17) is 16.7 Å². The summed E-state index contributed by atoms with van der Waals surface area (Å²) in [4.78, 5) is 10.9. The van der Waals surface area contributed by atoms with E-state index >= 15 is 0 Å². The van der Waals surface area contributed by atoms with Crippen molar-refractivity contribution >= 4 is 39.2 Å². The van der Waals surface area contributed by atoms with Crippen molar-refractivity contribution < 1.29 is 14.3 Å². The summed E-state index contributed by atoms with van der Waals surface area (Å²) in [7, 11) is 0. The fourth-order valence-corrected chi connectivity index (χ4v) is 2.14. The van der Waals surface area contributed by atoms with E-state index in [-0.39, 0.29) is 17.7 Å². The van der Waals surface area contributed by atoms with E-state index in [1.165, 1.54) is 12.1 Å². The summed E-state index contributed by atoms with van der Waals surface area (Å²) in [5.41, 5.74) is 1.10. The van der Waals surface area contributed by atoms with E-state index in [9.17, 15) is 9.18 Å². The molecule has 0 unspecified atom stereocenters. The predicted octanol–water partition coefficient (Wildman–Crippen LogP) is 4.55. The molecule has 0 saturated carbocycles. The third kappa shape index (κ3) is 3.49. The van der Waals surface area contributed by atoms with Crippen LogP contribution < -0.4 is 5.32 Å². The van der Waals surface area contributed by atoms with E-state index < -0.39 is 11.8 Å². The molecule has 0 amide bonds. The number of halogens is 3. The molecule has 0 heterocycles. The summed E-state index contributed by atoms with van der Waals surface area (Å²) in [6.45, 7) is 0.182. The molecule has 6 heteroatoms. The Kier molecular flexibility index (Phi) is 4.62. The second kappa shape index (κ2) is 6.24. The first kappa shape index (κ1) is 14.8. The Balaban J connectivity index is 2.15. The Hall–Kier alpha value is -1.59. The molecule has 0 bridgehead atoms. The first-order valence-electron chi connectivity index (χ1n) is 5.68. The lowest BCUT2D eigenvalue weighted by Crippen LogP contribution is -2.05. The third-order valence-electron chi connectivity index (χ3n) is 2.70. The highest BCUT2D eigenvalue weighted by molar-refractivity contribution is 9.10. The smallest absolute Gasteiger partial charge is 0.335 e. The molecule has 20 heavy (non-hydrogen) atoms. The highest BCUT2D eigenvalue weighted by Gasteiger charge is 2.08. The minimum absolute atomic E-state index is 0.0560. The zero-order valence-electron chi connectivity index (χ0n) is 10.2. The lowest BCUT2D eigenvalue weighted by molar-refractivity contribution is 0.0696. The number of carboxylic acid groups (broad SMARTS) is 1. The van der Waals surface area contributed by atoms with Crippen molar-refractivity contribution in [2.75, 3.05) is 5.32 Å². The zero-order chi connectivity index (χ0) is 14.7. The molecule has 0 aliphatic rings. The molecule has 0 atom stereocenters. The quantitative estimate of drug-likeness (QED) is 0.843. The average Bonchev–Trinajstić information content (AvgIpc) is 2.41. The Labute approximate surface area is 128 Å². The monoisotopic (exact) mass is 357 g/mol. The van der Waals surface area contributed by atoms with Crippen LogP contribution in [0, 0.1) is 5.82 Å². The van der Waals surface area contributed by atoms with Gasteiger partial charge in [-0.3, -0.25) is 0 Å². The summed E-state index contributed by atoms with van der Waals surface area (Å²) in [5, 5.41) is 12.5. The minimum Gasteiger partial charge on any atom is -0.478 e. The van der Waals surface area contributed by atoms with Gasteiger partial charge in [0, 0.05) is 22.3 Å². The standard InChI is InChI=1S/C14H10BrClFNO2/c15-11-6-10(2-3-12(11)16)18-7-9-5-8(14(19)20)1-4-13(9)17/h1-6,18H,7H2,(H,19,20). The van der Waals surface area contributed by atoms with Crippen LogP contribution in [0.5, 0.6) is 0 Å². The number of nitrogens with one attached hydrogen (secondary N) is 1. The normalized spacial score (nSPS) is 10.3. The second-order valence-corrected chi connectivity index (χ2v) is 5.36. The number of aromatic carboxylic acids is 1. The molecule has 3 nitrogen and oxygen atoms in total. The van der Waals surface area contributed by atoms with Crippen molar-refractivity contribution in [1.29, 1.82) is 0 Å². The van der Waals surface area contributed by atoms with Gasteiger partial charge in [-0.1, -0.05) is 11.6 Å². The van der Waals surface area contributed by atoms with Crippen molar-refractivity contribution in [2.24, 2.45) is 0 Å². The van der Waals surface area contributed by atoms with E-state index in [0.717, 1.165) is 16.2 Å². The van der Waals surface area contributed by atoms with Crippen LogP contribution in [0.1, 0.15) is 15.9 Å². The molecule has 2 N–H and O–H groups in total. The van der Waals surface area contributed by atoms with Gasteiger partial charge in [0.05, 0.1) is 10.6 Å². The maximum atomic E-state index is 13.6. The summed E-state index contributed by atoms with van der Waals surface area (Å²) < 4.78 is 14.3. The summed E-state index contributed by atoms with van der Waals surface area (Å²) in [6, 6.07) is 8.93. The van der Waals surface area contributed by atoms with Gasteiger partial charge in [0.2, 0.25) is 0 Å². The highest BCUT2D eigenvalue weighted by Crippen LogP contribution is 2.26. The van der Waals surface area contributed by atoms with Gasteiger partial charge >= 0.3 is 5.97 Å². The molecule has 0 fully saturated rings. The number of carbonyl (C=O) groups is 1. The maximum absolute atomic E-state index is 13.6. The van der Waals surface area contributed by atoms with Crippen molar-refractivity contribution in [3.8, 4) is 0 Å². The summed E-state index contributed by atoms with van der Waals surface area (Å²) in [6.07, 6.45) is 0. The molecule has 0 aromatic heterocycles. The van der Waals surface area contributed by atoms with Gasteiger partial charge in [0.1, 0.15) is 5.82 Å². The number of benzene rings is 2. The molecule has 2 aromatic rings. The molecule has 2 aromatic carbocycles. The predicted molar refractivity (Wildman–Crippen MR) is 79.8 cm³/mol. The van der Waals surface area contributed by atoms with Crippen molar-refractivity contribution in [3.05, 3.63) is 62.8 Å².